The van der Waals surface area contributed by atoms with Crippen molar-refractivity contribution < 1.29 is 29.6 Å². The number of carbonyl (C=O) groups excluding carboxylic acids is 2. The van der Waals surface area contributed by atoms with Gasteiger partial charge in [0.05, 0.1) is 6.10 Å². The number of para-hydroxylation sites is 1. The van der Waals surface area contributed by atoms with Crippen LogP contribution in [0.4, 0.5) is 5.69 Å². The lowest BCUT2D eigenvalue weighted by Gasteiger charge is -2.37. The summed E-state index contributed by atoms with van der Waals surface area (Å²) in [7, 11) is 0. The Labute approximate surface area is 216 Å². The van der Waals surface area contributed by atoms with Gasteiger partial charge in [0, 0.05) is 38.4 Å². The van der Waals surface area contributed by atoms with E-state index in [0.29, 0.717) is 37.5 Å². The highest BCUT2D eigenvalue weighted by molar-refractivity contribution is 5.81. The van der Waals surface area contributed by atoms with Crippen molar-refractivity contribution in [3.63, 3.8) is 0 Å². The monoisotopic (exact) mass is 507 g/mol. The third-order valence-electron chi connectivity index (χ3n) is 5.81. The predicted molar refractivity (Wildman–Crippen MR) is 140 cm³/mol. The summed E-state index contributed by atoms with van der Waals surface area (Å²) in [6.45, 7) is 4.53. The number of hydrogen-bond acceptors (Lipinski definition) is 7. The molecule has 0 saturated carbocycles. The first-order chi connectivity index (χ1) is 17.9. The molecule has 0 radical (unpaired) electrons. The lowest BCUT2D eigenvalue weighted by molar-refractivity contribution is -0.145. The fraction of sp³-hybridized carbons (Fsp3) is 0.286. The van der Waals surface area contributed by atoms with Crippen LogP contribution < -0.4 is 15.0 Å². The molecule has 0 spiro atoms. The third kappa shape index (κ3) is 8.52. The second kappa shape index (κ2) is 13.9. The molecule has 2 amide bonds. The summed E-state index contributed by atoms with van der Waals surface area (Å²) < 4.78 is 5.59. The van der Waals surface area contributed by atoms with Crippen LogP contribution in [0, 0.1) is 0 Å². The van der Waals surface area contributed by atoms with E-state index in [1.807, 2.05) is 54.6 Å². The molecule has 2 unspecified atom stereocenters. The summed E-state index contributed by atoms with van der Waals surface area (Å²) in [4.78, 5) is 25.9. The maximum absolute atomic E-state index is 11.9. The van der Waals surface area contributed by atoms with Crippen LogP contribution in [0.25, 0.3) is 0 Å². The summed E-state index contributed by atoms with van der Waals surface area (Å²) in [5, 5.41) is 30.6. The van der Waals surface area contributed by atoms with Crippen LogP contribution in [-0.4, -0.2) is 70.9 Å². The Morgan fingerprint density at radius 2 is 1.49 bits per heavy atom. The van der Waals surface area contributed by atoms with Crippen LogP contribution >= 0.6 is 0 Å². The number of ether oxygens (including phenoxy) is 1. The first kappa shape index (κ1) is 27.5. The fourth-order valence-corrected chi connectivity index (χ4v) is 3.70. The van der Waals surface area contributed by atoms with Gasteiger partial charge in [-0.25, -0.2) is 0 Å². The van der Waals surface area contributed by atoms with E-state index in [1.54, 1.807) is 29.2 Å². The van der Waals surface area contributed by atoms with Crippen molar-refractivity contribution in [2.75, 3.05) is 31.1 Å². The van der Waals surface area contributed by atoms with Gasteiger partial charge in [0.15, 0.2) is 6.10 Å². The number of aliphatic hydroxyl groups excluding tert-OH is 2. The van der Waals surface area contributed by atoms with Gasteiger partial charge in [-0.2, -0.15) is 0 Å². The van der Waals surface area contributed by atoms with Crippen LogP contribution in [0.5, 0.6) is 17.2 Å². The molecule has 9 nitrogen and oxygen atoms in total. The van der Waals surface area contributed by atoms with Crippen LogP contribution in [0.2, 0.25) is 0 Å². The van der Waals surface area contributed by atoms with Crippen LogP contribution in [-0.2, 0) is 16.1 Å². The summed E-state index contributed by atoms with van der Waals surface area (Å²) in [5.41, 5.74) is 2.14. The van der Waals surface area contributed by atoms with E-state index in [2.05, 4.69) is 10.2 Å². The number of nitrogens with zero attached hydrogens (tertiary/aromatic N) is 2. The van der Waals surface area contributed by atoms with E-state index in [1.165, 1.54) is 6.92 Å². The second-order valence-electron chi connectivity index (χ2n) is 8.57. The molecular formula is C28H33N3O6. The number of piperazine rings is 1. The molecule has 9 heteroatoms. The van der Waals surface area contributed by atoms with Crippen molar-refractivity contribution >= 4 is 18.0 Å². The van der Waals surface area contributed by atoms with Gasteiger partial charge in [-0.3, -0.25) is 9.59 Å². The average Bonchev–Trinajstić information content (AvgIpc) is 2.94. The van der Waals surface area contributed by atoms with E-state index >= 15 is 0 Å². The topological polar surface area (TPSA) is 123 Å². The van der Waals surface area contributed by atoms with Crippen LogP contribution in [0.3, 0.4) is 0 Å². The molecule has 1 fully saturated rings. The largest absolute Gasteiger partial charge is 0.508 e. The third-order valence-corrected chi connectivity index (χ3v) is 5.81. The van der Waals surface area contributed by atoms with E-state index in [-0.39, 0.29) is 11.7 Å². The Hall–Kier alpha value is -4.08. The number of rotatable bonds is 8. The zero-order chi connectivity index (χ0) is 26.6. The molecule has 4 N–H and O–H groups in total. The average molecular weight is 508 g/mol. The molecule has 1 saturated heterocycles. The maximum Gasteiger partial charge on any atom is 0.254 e. The van der Waals surface area contributed by atoms with Gasteiger partial charge in [0.25, 0.3) is 5.91 Å². The van der Waals surface area contributed by atoms with Gasteiger partial charge >= 0.3 is 0 Å². The highest BCUT2D eigenvalue weighted by Crippen LogP contribution is 2.23. The summed E-state index contributed by atoms with van der Waals surface area (Å²) in [6.07, 6.45) is -1.68. The van der Waals surface area contributed by atoms with Crippen molar-refractivity contribution in [3.8, 4) is 17.2 Å². The molecule has 0 bridgehead atoms. The van der Waals surface area contributed by atoms with Crippen molar-refractivity contribution in [1.82, 2.24) is 10.2 Å². The fourth-order valence-electron chi connectivity index (χ4n) is 3.70. The normalized spacial score (nSPS) is 14.6. The Bertz CT molecular complexity index is 1100. The number of amides is 2. The second-order valence-corrected chi connectivity index (χ2v) is 8.57. The lowest BCUT2D eigenvalue weighted by atomic mass is 10.1. The molecule has 37 heavy (non-hydrogen) atoms. The smallest absolute Gasteiger partial charge is 0.254 e. The minimum Gasteiger partial charge on any atom is -0.508 e. The Morgan fingerprint density at radius 3 is 2.03 bits per heavy atom. The number of anilines is 1. The molecule has 1 aliphatic rings. The van der Waals surface area contributed by atoms with Crippen molar-refractivity contribution in [3.05, 3.63) is 84.4 Å². The van der Waals surface area contributed by atoms with Gasteiger partial charge in [-0.15, -0.1) is 0 Å². The quantitative estimate of drug-likeness (QED) is 0.346. The molecule has 2 atom stereocenters. The first-order valence-electron chi connectivity index (χ1n) is 12.0. The number of benzene rings is 3. The standard InChI is InChI=1S/C14H20N2O3.C14H13NO3/c1-11(17)13(18)14(19)16-9-7-15(8-10-16)12-5-3-2-4-6-12;16-10-15-9-11-1-5-13(6-2-11)18-14-7-3-12(17)4-8-14/h2-6,11,13,17-18H,7-10H2,1H3;1-8,10,17H,9H2,(H,15,16). The Morgan fingerprint density at radius 1 is 0.919 bits per heavy atom. The van der Waals surface area contributed by atoms with Crippen LogP contribution in [0.1, 0.15) is 12.5 Å². The number of nitrogens with one attached hydrogen (secondary N) is 1. The molecule has 0 aromatic heterocycles. The van der Waals surface area contributed by atoms with Gasteiger partial charge in [0.2, 0.25) is 6.41 Å². The SMILES string of the molecule is CC(O)C(O)C(=O)N1CCN(c2ccccc2)CC1.O=CNCc1ccc(Oc2ccc(O)cc2)cc1. The van der Waals surface area contributed by atoms with Crippen molar-refractivity contribution in [2.45, 2.75) is 25.7 Å². The van der Waals surface area contributed by atoms with Gasteiger partial charge in [-0.05, 0) is 61.0 Å². The molecular weight excluding hydrogens is 474 g/mol. The summed E-state index contributed by atoms with van der Waals surface area (Å²) in [5.74, 6) is 1.18. The van der Waals surface area contributed by atoms with Crippen molar-refractivity contribution in [2.24, 2.45) is 0 Å². The number of hydrogen-bond donors (Lipinski definition) is 4. The minimum absolute atomic E-state index is 0.206. The van der Waals surface area contributed by atoms with Gasteiger partial charge in [0.1, 0.15) is 17.2 Å². The molecule has 1 aliphatic heterocycles. The molecule has 3 aromatic carbocycles. The summed E-state index contributed by atoms with van der Waals surface area (Å²) >= 11 is 0. The number of aromatic hydroxyl groups is 1. The van der Waals surface area contributed by atoms with Crippen LogP contribution in [0.15, 0.2) is 78.9 Å². The van der Waals surface area contributed by atoms with Gasteiger partial charge < -0.3 is 35.2 Å². The molecule has 3 aromatic rings. The molecule has 0 aliphatic carbocycles. The number of phenolic OH excluding ortho intramolecular Hbond substituents is 1. The predicted octanol–water partition coefficient (Wildman–Crippen LogP) is 2.51. The zero-order valence-electron chi connectivity index (χ0n) is 20.7. The van der Waals surface area contributed by atoms with E-state index in [4.69, 9.17) is 9.84 Å². The molecule has 196 valence electrons. The van der Waals surface area contributed by atoms with E-state index in [0.717, 1.165) is 24.3 Å². The van der Waals surface area contributed by atoms with Crippen molar-refractivity contribution in [1.29, 1.82) is 0 Å². The highest BCUT2D eigenvalue weighted by atomic mass is 16.5. The Kier molecular flexibility index (Phi) is 10.3. The van der Waals surface area contributed by atoms with Gasteiger partial charge in [-0.1, -0.05) is 30.3 Å². The Balaban J connectivity index is 0.000000206. The molecule has 1 heterocycles. The number of carbonyl (C=O) groups is 2. The minimum atomic E-state index is -1.32. The summed E-state index contributed by atoms with van der Waals surface area (Å²) in [6, 6.07) is 24.0. The van der Waals surface area contributed by atoms with E-state index in [9.17, 15) is 19.8 Å². The maximum atomic E-state index is 11.9. The zero-order valence-corrected chi connectivity index (χ0v) is 20.7. The number of phenols is 1. The molecule has 4 rings (SSSR count). The lowest BCUT2D eigenvalue weighted by Crippen LogP contribution is -2.53. The highest BCUT2D eigenvalue weighted by Gasteiger charge is 2.28. The first-order valence-corrected chi connectivity index (χ1v) is 12.0. The van der Waals surface area contributed by atoms with E-state index < -0.39 is 12.2 Å². The number of aliphatic hydroxyl groups is 2.